The van der Waals surface area contributed by atoms with Crippen molar-refractivity contribution in [3.8, 4) is 0 Å². The van der Waals surface area contributed by atoms with E-state index in [1.807, 2.05) is 6.07 Å². The number of nitrogens with one attached hydrogen (secondary N) is 1. The normalized spacial score (nSPS) is 11.9. The van der Waals surface area contributed by atoms with Gasteiger partial charge in [-0.05, 0) is 38.5 Å². The molecule has 1 aromatic rings. The molecule has 0 spiro atoms. The zero-order chi connectivity index (χ0) is 12.8. The first-order valence-electron chi connectivity index (χ1n) is 5.91. The Labute approximate surface area is 102 Å². The van der Waals surface area contributed by atoms with Crippen molar-refractivity contribution in [3.63, 3.8) is 0 Å². The molecule has 0 aliphatic heterocycles. The lowest BCUT2D eigenvalue weighted by atomic mass is 10.1. The number of carbonyl (C=O) groups is 1. The third kappa shape index (κ3) is 3.66. The summed E-state index contributed by atoms with van der Waals surface area (Å²) >= 11 is 0. The quantitative estimate of drug-likeness (QED) is 0.609. The van der Waals surface area contributed by atoms with Crippen molar-refractivity contribution in [2.24, 2.45) is 0 Å². The van der Waals surface area contributed by atoms with Gasteiger partial charge in [-0.1, -0.05) is 6.92 Å². The van der Waals surface area contributed by atoms with Crippen molar-refractivity contribution in [2.75, 3.05) is 17.7 Å². The Morgan fingerprint density at radius 3 is 2.76 bits per heavy atom. The summed E-state index contributed by atoms with van der Waals surface area (Å²) in [7, 11) is 0. The average Bonchev–Trinajstić information content (AvgIpc) is 2.31. The first kappa shape index (κ1) is 13.4. The van der Waals surface area contributed by atoms with Crippen molar-refractivity contribution in [1.29, 1.82) is 0 Å². The predicted octanol–water partition coefficient (Wildman–Crippen LogP) is 2.66. The van der Waals surface area contributed by atoms with Gasteiger partial charge >= 0.3 is 5.97 Å². The summed E-state index contributed by atoms with van der Waals surface area (Å²) in [5.74, 6) is -0.342. The maximum Gasteiger partial charge on any atom is 0.340 e. The van der Waals surface area contributed by atoms with Gasteiger partial charge in [0.05, 0.1) is 12.2 Å². The zero-order valence-electron chi connectivity index (χ0n) is 10.6. The molecule has 0 heterocycles. The number of hydrogen-bond acceptors (Lipinski definition) is 4. The van der Waals surface area contributed by atoms with Crippen molar-refractivity contribution < 1.29 is 9.53 Å². The molecule has 0 saturated carbocycles. The first-order chi connectivity index (χ1) is 8.08. The summed E-state index contributed by atoms with van der Waals surface area (Å²) in [5, 5.41) is 3.27. The molecule has 4 nitrogen and oxygen atoms in total. The molecule has 1 aromatic carbocycles. The van der Waals surface area contributed by atoms with Crippen LogP contribution in [0.25, 0.3) is 0 Å². The number of carbonyl (C=O) groups excluding carboxylic acids is 1. The smallest absolute Gasteiger partial charge is 0.340 e. The maximum absolute atomic E-state index is 11.8. The van der Waals surface area contributed by atoms with E-state index in [9.17, 15) is 4.79 Å². The molecule has 0 aliphatic rings. The fraction of sp³-hybridized carbons (Fsp3) is 0.462. The molecule has 0 saturated heterocycles. The highest BCUT2D eigenvalue weighted by Gasteiger charge is 2.13. The van der Waals surface area contributed by atoms with Crippen LogP contribution in [0.15, 0.2) is 18.2 Å². The van der Waals surface area contributed by atoms with Crippen LogP contribution in [0.5, 0.6) is 0 Å². The van der Waals surface area contributed by atoms with Crippen LogP contribution >= 0.6 is 0 Å². The molecule has 94 valence electrons. The lowest BCUT2D eigenvalue weighted by Gasteiger charge is -2.16. The van der Waals surface area contributed by atoms with Crippen LogP contribution in [-0.2, 0) is 4.74 Å². The molecule has 0 bridgehead atoms. The highest BCUT2D eigenvalue weighted by atomic mass is 16.5. The Morgan fingerprint density at radius 2 is 2.18 bits per heavy atom. The maximum atomic E-state index is 11.8. The fourth-order valence-electron chi connectivity index (χ4n) is 1.43. The lowest BCUT2D eigenvalue weighted by Crippen LogP contribution is -2.17. The monoisotopic (exact) mass is 236 g/mol. The van der Waals surface area contributed by atoms with Gasteiger partial charge < -0.3 is 15.8 Å². The molecule has 1 rings (SSSR count). The largest absolute Gasteiger partial charge is 0.462 e. The summed E-state index contributed by atoms with van der Waals surface area (Å²) in [6.07, 6.45) is 0.979. The van der Waals surface area contributed by atoms with E-state index in [0.29, 0.717) is 23.9 Å². The molecule has 0 aromatic heterocycles. The first-order valence-corrected chi connectivity index (χ1v) is 5.91. The Bertz CT molecular complexity index is 391. The van der Waals surface area contributed by atoms with Crippen molar-refractivity contribution in [1.82, 2.24) is 0 Å². The third-order valence-electron chi connectivity index (χ3n) is 2.55. The van der Waals surface area contributed by atoms with Crippen LogP contribution in [-0.4, -0.2) is 18.6 Å². The van der Waals surface area contributed by atoms with Crippen LogP contribution in [0.4, 0.5) is 11.4 Å². The molecule has 0 aliphatic carbocycles. The van der Waals surface area contributed by atoms with Crippen LogP contribution in [0.3, 0.4) is 0 Å². The predicted molar refractivity (Wildman–Crippen MR) is 70.2 cm³/mol. The highest BCUT2D eigenvalue weighted by molar-refractivity contribution is 5.96. The lowest BCUT2D eigenvalue weighted by molar-refractivity contribution is 0.0527. The van der Waals surface area contributed by atoms with Gasteiger partial charge in [-0.15, -0.1) is 0 Å². The van der Waals surface area contributed by atoms with Gasteiger partial charge in [0.1, 0.15) is 0 Å². The molecule has 0 radical (unpaired) electrons. The number of rotatable bonds is 5. The summed E-state index contributed by atoms with van der Waals surface area (Å²) in [4.78, 5) is 11.8. The number of anilines is 2. The SMILES string of the molecule is CCOC(=O)c1cc(N)ccc1N[C@@H](C)CC. The summed E-state index contributed by atoms with van der Waals surface area (Å²) in [6, 6.07) is 5.52. The molecular weight excluding hydrogens is 216 g/mol. The van der Waals surface area contributed by atoms with E-state index >= 15 is 0 Å². The number of ether oxygens (including phenoxy) is 1. The molecule has 0 fully saturated rings. The van der Waals surface area contributed by atoms with Crippen LogP contribution < -0.4 is 11.1 Å². The Kier molecular flexibility index (Phi) is 4.82. The average molecular weight is 236 g/mol. The van der Waals surface area contributed by atoms with Gasteiger partial charge in [0.15, 0.2) is 0 Å². The van der Waals surface area contributed by atoms with E-state index in [4.69, 9.17) is 10.5 Å². The fourth-order valence-corrected chi connectivity index (χ4v) is 1.43. The molecule has 17 heavy (non-hydrogen) atoms. The van der Waals surface area contributed by atoms with Gasteiger partial charge in [-0.3, -0.25) is 0 Å². The second-order valence-corrected chi connectivity index (χ2v) is 3.98. The standard InChI is InChI=1S/C13H20N2O2/c1-4-9(3)15-12-7-6-10(14)8-11(12)13(16)17-5-2/h6-9,15H,4-5,14H2,1-3H3/t9-/m0/s1. The summed E-state index contributed by atoms with van der Waals surface area (Å²) < 4.78 is 5.00. The van der Waals surface area contributed by atoms with Crippen LogP contribution in [0, 0.1) is 0 Å². The minimum Gasteiger partial charge on any atom is -0.462 e. The topological polar surface area (TPSA) is 64.3 Å². The van der Waals surface area contributed by atoms with E-state index < -0.39 is 0 Å². The number of hydrogen-bond donors (Lipinski definition) is 2. The van der Waals surface area contributed by atoms with Gasteiger partial charge in [0.25, 0.3) is 0 Å². The van der Waals surface area contributed by atoms with Gasteiger partial charge in [-0.25, -0.2) is 4.79 Å². The van der Waals surface area contributed by atoms with Gasteiger partial charge in [0.2, 0.25) is 0 Å². The number of nitrogens with two attached hydrogens (primary N) is 1. The second-order valence-electron chi connectivity index (χ2n) is 3.98. The van der Waals surface area contributed by atoms with Crippen LogP contribution in [0.1, 0.15) is 37.6 Å². The van der Waals surface area contributed by atoms with E-state index in [1.165, 1.54) is 0 Å². The molecule has 0 unspecified atom stereocenters. The van der Waals surface area contributed by atoms with E-state index in [1.54, 1.807) is 19.1 Å². The molecule has 4 heteroatoms. The van der Waals surface area contributed by atoms with Crippen molar-refractivity contribution >= 4 is 17.3 Å². The van der Waals surface area contributed by atoms with Crippen molar-refractivity contribution in [2.45, 2.75) is 33.2 Å². The van der Waals surface area contributed by atoms with Crippen molar-refractivity contribution in [3.05, 3.63) is 23.8 Å². The second kappa shape index (κ2) is 6.13. The Morgan fingerprint density at radius 1 is 1.47 bits per heavy atom. The van der Waals surface area contributed by atoms with Gasteiger partial charge in [-0.2, -0.15) is 0 Å². The molecule has 3 N–H and O–H groups in total. The minimum absolute atomic E-state index is 0.298. The number of benzene rings is 1. The minimum atomic E-state index is -0.342. The Hall–Kier alpha value is -1.71. The van der Waals surface area contributed by atoms with Crippen LogP contribution in [0.2, 0.25) is 0 Å². The van der Waals surface area contributed by atoms with E-state index in [-0.39, 0.29) is 5.97 Å². The van der Waals surface area contributed by atoms with E-state index in [2.05, 4.69) is 19.2 Å². The number of nitrogen functional groups attached to an aromatic ring is 1. The number of esters is 1. The van der Waals surface area contributed by atoms with E-state index in [0.717, 1.165) is 12.1 Å². The summed E-state index contributed by atoms with van der Waals surface area (Å²) in [6.45, 7) is 6.28. The third-order valence-corrected chi connectivity index (χ3v) is 2.55. The highest BCUT2D eigenvalue weighted by Crippen LogP contribution is 2.21. The summed E-state index contributed by atoms with van der Waals surface area (Å²) in [5.41, 5.74) is 7.51. The zero-order valence-corrected chi connectivity index (χ0v) is 10.6. The molecule has 0 amide bonds. The van der Waals surface area contributed by atoms with Gasteiger partial charge in [0, 0.05) is 17.4 Å². The Balaban J connectivity index is 2.99. The molecule has 1 atom stereocenters. The molecular formula is C13H20N2O2.